The second-order valence-electron chi connectivity index (χ2n) is 5.20. The third-order valence-electron chi connectivity index (χ3n) is 3.04. The van der Waals surface area contributed by atoms with Gasteiger partial charge in [0.1, 0.15) is 5.82 Å². The highest BCUT2D eigenvalue weighted by molar-refractivity contribution is 5.95. The smallest absolute Gasteiger partial charge is 0.321 e. The second kappa shape index (κ2) is 8.94. The normalized spacial score (nSPS) is 11.8. The molecule has 0 fully saturated rings. The molecule has 5 nitrogen and oxygen atoms in total. The van der Waals surface area contributed by atoms with Gasteiger partial charge in [0.15, 0.2) is 0 Å². The van der Waals surface area contributed by atoms with E-state index in [4.69, 9.17) is 0 Å². The Morgan fingerprint density at radius 1 is 1.27 bits per heavy atom. The van der Waals surface area contributed by atoms with Crippen molar-refractivity contribution in [3.8, 4) is 0 Å². The molecule has 120 valence electrons. The van der Waals surface area contributed by atoms with E-state index in [0.29, 0.717) is 0 Å². The summed E-state index contributed by atoms with van der Waals surface area (Å²) in [4.78, 5) is 23.0. The molecule has 0 aromatic heterocycles. The van der Waals surface area contributed by atoms with E-state index in [1.54, 1.807) is 12.1 Å². The van der Waals surface area contributed by atoms with E-state index in [1.165, 1.54) is 18.2 Å². The van der Waals surface area contributed by atoms with Crippen LogP contribution < -0.4 is 16.0 Å². The molecular weight excluding hydrogens is 285 g/mol. The number of nitrogens with one attached hydrogen (secondary N) is 3. The van der Waals surface area contributed by atoms with Gasteiger partial charge >= 0.3 is 6.03 Å². The first-order valence-corrected chi connectivity index (χ1v) is 7.11. The Bertz CT molecular complexity index is 515. The molecule has 0 heterocycles. The van der Waals surface area contributed by atoms with Crippen LogP contribution in [0.1, 0.15) is 25.5 Å². The van der Waals surface area contributed by atoms with Gasteiger partial charge in [0.25, 0.3) is 0 Å². The Labute approximate surface area is 130 Å². The van der Waals surface area contributed by atoms with E-state index >= 15 is 0 Å². The molecule has 0 saturated carbocycles. The molecule has 0 bridgehead atoms. The highest BCUT2D eigenvalue weighted by Crippen LogP contribution is 2.21. The molecule has 1 rings (SSSR count). The molecule has 0 radical (unpaired) electrons. The maximum atomic E-state index is 13.0. The van der Waals surface area contributed by atoms with Crippen molar-refractivity contribution in [1.82, 2.24) is 16.0 Å². The number of benzene rings is 1. The number of hydrogen-bond acceptors (Lipinski definition) is 3. The van der Waals surface area contributed by atoms with Crippen LogP contribution in [0.5, 0.6) is 0 Å². The van der Waals surface area contributed by atoms with Gasteiger partial charge in [-0.05, 0) is 23.6 Å². The Hall–Kier alpha value is -2.21. The fourth-order valence-electron chi connectivity index (χ4n) is 1.99. The molecule has 1 aromatic carbocycles. The number of carbonyl (C=O) groups is 2. The minimum atomic E-state index is -0.561. The third kappa shape index (κ3) is 6.05. The number of halogens is 1. The lowest BCUT2D eigenvalue weighted by Crippen LogP contribution is -2.44. The number of hydrogen-bond donors (Lipinski definition) is 3. The first-order chi connectivity index (χ1) is 10.4. The van der Waals surface area contributed by atoms with Gasteiger partial charge < -0.3 is 10.6 Å². The fraction of sp³-hybridized carbons (Fsp3) is 0.375. The number of rotatable bonds is 7. The van der Waals surface area contributed by atoms with Gasteiger partial charge in [-0.15, -0.1) is 6.58 Å². The lowest BCUT2D eigenvalue weighted by atomic mass is 9.96. The average Bonchev–Trinajstić information content (AvgIpc) is 2.46. The van der Waals surface area contributed by atoms with E-state index in [-0.39, 0.29) is 30.9 Å². The van der Waals surface area contributed by atoms with E-state index < -0.39 is 11.9 Å². The minimum absolute atomic E-state index is 0.0122. The molecule has 0 aliphatic heterocycles. The van der Waals surface area contributed by atoms with Crippen molar-refractivity contribution < 1.29 is 14.0 Å². The fourth-order valence-corrected chi connectivity index (χ4v) is 1.99. The van der Waals surface area contributed by atoms with Crippen LogP contribution in [-0.2, 0) is 4.79 Å². The summed E-state index contributed by atoms with van der Waals surface area (Å²) < 4.78 is 13.0. The highest BCUT2D eigenvalue weighted by Gasteiger charge is 2.17. The predicted octanol–water partition coefficient (Wildman–Crippen LogP) is 2.12. The van der Waals surface area contributed by atoms with Gasteiger partial charge in [-0.1, -0.05) is 32.1 Å². The second-order valence-corrected chi connectivity index (χ2v) is 5.20. The minimum Gasteiger partial charge on any atom is -0.334 e. The van der Waals surface area contributed by atoms with Crippen molar-refractivity contribution in [2.75, 3.05) is 13.1 Å². The summed E-state index contributed by atoms with van der Waals surface area (Å²) in [6.45, 7) is 7.73. The van der Waals surface area contributed by atoms with Gasteiger partial charge in [-0.3, -0.25) is 10.1 Å². The maximum absolute atomic E-state index is 13.0. The molecule has 22 heavy (non-hydrogen) atoms. The largest absolute Gasteiger partial charge is 0.334 e. The topological polar surface area (TPSA) is 70.2 Å². The lowest BCUT2D eigenvalue weighted by Gasteiger charge is -2.22. The van der Waals surface area contributed by atoms with E-state index in [9.17, 15) is 14.0 Å². The summed E-state index contributed by atoms with van der Waals surface area (Å²) >= 11 is 0. The van der Waals surface area contributed by atoms with Crippen molar-refractivity contribution in [2.24, 2.45) is 5.92 Å². The van der Waals surface area contributed by atoms with Crippen LogP contribution in [0.25, 0.3) is 0 Å². The maximum Gasteiger partial charge on any atom is 0.321 e. The van der Waals surface area contributed by atoms with Crippen LogP contribution >= 0.6 is 0 Å². The average molecular weight is 307 g/mol. The molecule has 1 unspecified atom stereocenters. The SMILES string of the molecule is C=CCNC(=O)NC(=O)CNC(c1ccc(F)cc1)C(C)C. The zero-order valence-corrected chi connectivity index (χ0v) is 12.9. The molecule has 0 saturated heterocycles. The van der Waals surface area contributed by atoms with E-state index in [1.807, 2.05) is 13.8 Å². The first kappa shape index (κ1) is 17.8. The number of imide groups is 1. The third-order valence-corrected chi connectivity index (χ3v) is 3.04. The monoisotopic (exact) mass is 307 g/mol. The molecule has 6 heteroatoms. The van der Waals surface area contributed by atoms with Crippen molar-refractivity contribution >= 4 is 11.9 Å². The summed E-state index contributed by atoms with van der Waals surface area (Å²) in [6.07, 6.45) is 1.52. The summed E-state index contributed by atoms with van der Waals surface area (Å²) in [5, 5.41) is 7.75. The molecular formula is C16H22FN3O2. The summed E-state index contributed by atoms with van der Waals surface area (Å²) in [6, 6.07) is 5.46. The zero-order chi connectivity index (χ0) is 16.5. The lowest BCUT2D eigenvalue weighted by molar-refractivity contribution is -0.119. The van der Waals surface area contributed by atoms with Gasteiger partial charge in [-0.25, -0.2) is 9.18 Å². The van der Waals surface area contributed by atoms with E-state index in [2.05, 4.69) is 22.5 Å². The van der Waals surface area contributed by atoms with Gasteiger partial charge in [0.2, 0.25) is 5.91 Å². The molecule has 3 N–H and O–H groups in total. The molecule has 1 aromatic rings. The number of amides is 3. The molecule has 1 atom stereocenters. The Balaban J connectivity index is 2.54. The predicted molar refractivity (Wildman–Crippen MR) is 83.7 cm³/mol. The Morgan fingerprint density at radius 2 is 1.91 bits per heavy atom. The molecule has 0 aliphatic carbocycles. The van der Waals surface area contributed by atoms with Crippen LogP contribution in [0.2, 0.25) is 0 Å². The summed E-state index contributed by atoms with van der Waals surface area (Å²) in [5.41, 5.74) is 0.889. The molecule has 3 amide bonds. The van der Waals surface area contributed by atoms with Crippen molar-refractivity contribution in [1.29, 1.82) is 0 Å². The summed E-state index contributed by atoms with van der Waals surface area (Å²) in [7, 11) is 0. The van der Waals surface area contributed by atoms with Gasteiger partial charge in [0, 0.05) is 12.6 Å². The van der Waals surface area contributed by atoms with Crippen molar-refractivity contribution in [3.05, 3.63) is 48.3 Å². The van der Waals surface area contributed by atoms with Crippen molar-refractivity contribution in [3.63, 3.8) is 0 Å². The van der Waals surface area contributed by atoms with Gasteiger partial charge in [0.05, 0.1) is 6.54 Å². The van der Waals surface area contributed by atoms with Crippen molar-refractivity contribution in [2.45, 2.75) is 19.9 Å². The van der Waals surface area contributed by atoms with Crippen LogP contribution in [0.3, 0.4) is 0 Å². The molecule has 0 spiro atoms. The first-order valence-electron chi connectivity index (χ1n) is 7.11. The molecule has 0 aliphatic rings. The van der Waals surface area contributed by atoms with Crippen LogP contribution in [-0.4, -0.2) is 25.0 Å². The van der Waals surface area contributed by atoms with Crippen LogP contribution in [0, 0.1) is 11.7 Å². The van der Waals surface area contributed by atoms with E-state index in [0.717, 1.165) is 5.56 Å². The van der Waals surface area contributed by atoms with Gasteiger partial charge in [-0.2, -0.15) is 0 Å². The standard InChI is InChI=1S/C16H22FN3O2/c1-4-9-18-16(22)20-14(21)10-19-15(11(2)3)12-5-7-13(17)8-6-12/h4-8,11,15,19H,1,9-10H2,2-3H3,(H2,18,20,21,22). The zero-order valence-electron chi connectivity index (χ0n) is 12.9. The summed E-state index contributed by atoms with van der Waals surface area (Å²) in [5.74, 6) is -0.537. The van der Waals surface area contributed by atoms with Crippen LogP contribution in [0.4, 0.5) is 9.18 Å². The number of carbonyl (C=O) groups excluding carboxylic acids is 2. The Morgan fingerprint density at radius 3 is 2.45 bits per heavy atom. The Kier molecular flexibility index (Phi) is 7.25. The number of urea groups is 1. The quantitative estimate of drug-likeness (QED) is 0.676. The highest BCUT2D eigenvalue weighted by atomic mass is 19.1. The van der Waals surface area contributed by atoms with Crippen LogP contribution in [0.15, 0.2) is 36.9 Å².